The maximum atomic E-state index is 14.0. The summed E-state index contributed by atoms with van der Waals surface area (Å²) in [5, 5.41) is 0. The van der Waals surface area contributed by atoms with Crippen molar-refractivity contribution in [1.82, 2.24) is 19.9 Å². The number of pyridine rings is 1. The highest BCUT2D eigenvalue weighted by Crippen LogP contribution is 2.40. The molecule has 0 N–H and O–H groups in total. The summed E-state index contributed by atoms with van der Waals surface area (Å²) in [5.74, 6) is -0.263. The zero-order valence-corrected chi connectivity index (χ0v) is 17.0. The minimum absolute atomic E-state index is 0.171. The highest BCUT2D eigenvalue weighted by molar-refractivity contribution is 5.94. The Morgan fingerprint density at radius 3 is 2.42 bits per heavy atom. The van der Waals surface area contributed by atoms with Crippen LogP contribution in [0.1, 0.15) is 59.4 Å². The molecule has 5 rings (SSSR count). The third-order valence-electron chi connectivity index (χ3n) is 6.10. The van der Waals surface area contributed by atoms with Crippen LogP contribution in [0.4, 0.5) is 8.78 Å². The van der Waals surface area contributed by atoms with Gasteiger partial charge in [-0.25, -0.2) is 18.7 Å². The molecule has 3 heterocycles. The molecule has 0 bridgehead atoms. The highest BCUT2D eigenvalue weighted by atomic mass is 19.1. The van der Waals surface area contributed by atoms with Crippen LogP contribution in [0.25, 0.3) is 11.1 Å². The van der Waals surface area contributed by atoms with Crippen LogP contribution < -0.4 is 0 Å². The molecule has 7 heteroatoms. The third-order valence-corrected chi connectivity index (χ3v) is 6.10. The molecule has 1 amide bonds. The van der Waals surface area contributed by atoms with Crippen molar-refractivity contribution in [3.8, 4) is 11.1 Å². The first kappa shape index (κ1) is 19.7. The number of piperidine rings is 1. The van der Waals surface area contributed by atoms with E-state index in [9.17, 15) is 13.6 Å². The molecular weight excluding hydrogens is 398 g/mol. The predicted molar refractivity (Wildman–Crippen MR) is 111 cm³/mol. The minimum Gasteiger partial charge on any atom is -0.339 e. The van der Waals surface area contributed by atoms with Crippen molar-refractivity contribution in [3.05, 3.63) is 77.6 Å². The number of nitrogens with zero attached hydrogens (tertiary/aromatic N) is 4. The second-order valence-corrected chi connectivity index (χ2v) is 8.23. The molecule has 158 valence electrons. The van der Waals surface area contributed by atoms with Crippen molar-refractivity contribution in [2.24, 2.45) is 0 Å². The number of hydrogen-bond donors (Lipinski definition) is 0. The van der Waals surface area contributed by atoms with Gasteiger partial charge in [-0.15, -0.1) is 0 Å². The van der Waals surface area contributed by atoms with E-state index in [0.717, 1.165) is 53.7 Å². The monoisotopic (exact) mass is 420 g/mol. The number of aromatic nitrogens is 3. The van der Waals surface area contributed by atoms with Gasteiger partial charge in [0.15, 0.2) is 0 Å². The van der Waals surface area contributed by atoms with Crippen LogP contribution in [0.3, 0.4) is 0 Å². The Kier molecular flexibility index (Phi) is 5.18. The molecule has 1 saturated carbocycles. The highest BCUT2D eigenvalue weighted by Gasteiger charge is 2.31. The van der Waals surface area contributed by atoms with Crippen molar-refractivity contribution in [2.45, 2.75) is 37.5 Å². The van der Waals surface area contributed by atoms with E-state index in [1.165, 1.54) is 0 Å². The first-order valence-corrected chi connectivity index (χ1v) is 10.6. The Morgan fingerprint density at radius 1 is 0.968 bits per heavy atom. The number of benzene rings is 1. The summed E-state index contributed by atoms with van der Waals surface area (Å²) in [5.41, 5.74) is 2.81. The Hall–Kier alpha value is -3.22. The molecule has 1 saturated heterocycles. The summed E-state index contributed by atoms with van der Waals surface area (Å²) >= 11 is 0. The van der Waals surface area contributed by atoms with Crippen molar-refractivity contribution < 1.29 is 13.6 Å². The number of likely N-dealkylation sites (tertiary alicyclic amines) is 1. The van der Waals surface area contributed by atoms with Crippen molar-refractivity contribution >= 4 is 5.91 Å². The van der Waals surface area contributed by atoms with Gasteiger partial charge in [0.25, 0.3) is 5.91 Å². The number of rotatable bonds is 4. The van der Waals surface area contributed by atoms with E-state index in [0.29, 0.717) is 31.8 Å². The SMILES string of the molecule is O=C(c1cc(F)ccc1F)N1CCC(c2nc(C3CC3)ncc2-c2ccncc2)CC1. The molecule has 2 aliphatic rings. The summed E-state index contributed by atoms with van der Waals surface area (Å²) < 4.78 is 27.6. The number of hydrogen-bond acceptors (Lipinski definition) is 4. The number of carbonyl (C=O) groups is 1. The fourth-order valence-electron chi connectivity index (χ4n) is 4.20. The fraction of sp³-hybridized carbons (Fsp3) is 0.333. The van der Waals surface area contributed by atoms with Gasteiger partial charge in [0.1, 0.15) is 17.5 Å². The van der Waals surface area contributed by atoms with Crippen LogP contribution in [-0.4, -0.2) is 38.8 Å². The van der Waals surface area contributed by atoms with Crippen LogP contribution in [-0.2, 0) is 0 Å². The average molecular weight is 420 g/mol. The van der Waals surface area contributed by atoms with E-state index in [1.807, 2.05) is 18.3 Å². The maximum absolute atomic E-state index is 14.0. The zero-order chi connectivity index (χ0) is 21.4. The average Bonchev–Trinajstić information content (AvgIpc) is 3.66. The van der Waals surface area contributed by atoms with Crippen molar-refractivity contribution in [3.63, 3.8) is 0 Å². The maximum Gasteiger partial charge on any atom is 0.256 e. The normalized spacial score (nSPS) is 17.0. The van der Waals surface area contributed by atoms with Crippen molar-refractivity contribution in [2.75, 3.05) is 13.1 Å². The van der Waals surface area contributed by atoms with E-state index >= 15 is 0 Å². The van der Waals surface area contributed by atoms with Gasteiger partial charge in [-0.3, -0.25) is 9.78 Å². The lowest BCUT2D eigenvalue weighted by Crippen LogP contribution is -2.38. The molecule has 31 heavy (non-hydrogen) atoms. The van der Waals surface area contributed by atoms with Gasteiger partial charge in [-0.2, -0.15) is 0 Å². The van der Waals surface area contributed by atoms with Gasteiger partial charge >= 0.3 is 0 Å². The molecule has 1 aliphatic carbocycles. The second-order valence-electron chi connectivity index (χ2n) is 8.23. The van der Waals surface area contributed by atoms with Crippen LogP contribution in [0.5, 0.6) is 0 Å². The van der Waals surface area contributed by atoms with E-state index in [1.54, 1.807) is 17.3 Å². The molecule has 0 atom stereocenters. The summed E-state index contributed by atoms with van der Waals surface area (Å²) in [4.78, 5) is 28.0. The van der Waals surface area contributed by atoms with Gasteiger partial charge in [-0.05, 0) is 61.6 Å². The van der Waals surface area contributed by atoms with E-state index in [2.05, 4.69) is 9.97 Å². The number of carbonyl (C=O) groups excluding carboxylic acids is 1. The molecule has 1 aromatic carbocycles. The molecule has 2 fully saturated rings. The van der Waals surface area contributed by atoms with Crippen molar-refractivity contribution in [1.29, 1.82) is 0 Å². The second kappa shape index (κ2) is 8.13. The Labute approximate surface area is 179 Å². The quantitative estimate of drug-likeness (QED) is 0.613. The topological polar surface area (TPSA) is 59.0 Å². The molecule has 2 aromatic heterocycles. The molecule has 0 unspecified atom stereocenters. The first-order valence-electron chi connectivity index (χ1n) is 10.6. The lowest BCUT2D eigenvalue weighted by molar-refractivity contribution is 0.0707. The van der Waals surface area contributed by atoms with Crippen LogP contribution in [0.2, 0.25) is 0 Å². The molecule has 0 spiro atoms. The van der Waals surface area contributed by atoms with E-state index in [4.69, 9.17) is 4.98 Å². The summed E-state index contributed by atoms with van der Waals surface area (Å²) in [6.45, 7) is 0.940. The molecule has 3 aromatic rings. The Balaban J connectivity index is 1.38. The van der Waals surface area contributed by atoms with Gasteiger partial charge in [-0.1, -0.05) is 0 Å². The van der Waals surface area contributed by atoms with Crippen LogP contribution in [0, 0.1) is 11.6 Å². The summed E-state index contributed by atoms with van der Waals surface area (Å²) in [6, 6.07) is 6.88. The molecule has 1 aliphatic heterocycles. The zero-order valence-electron chi connectivity index (χ0n) is 17.0. The Bertz CT molecular complexity index is 1110. The lowest BCUT2D eigenvalue weighted by Gasteiger charge is -2.32. The van der Waals surface area contributed by atoms with Gasteiger partial charge in [0.2, 0.25) is 0 Å². The van der Waals surface area contributed by atoms with Gasteiger partial charge in [0.05, 0.1) is 11.3 Å². The standard InChI is InChI=1S/C24H22F2N4O/c25-18-3-4-21(26)19(13-18)24(31)30-11-7-16(8-12-30)22-20(15-5-9-27-10-6-15)14-28-23(29-22)17-1-2-17/h3-6,9-10,13-14,16-17H,1-2,7-8,11-12H2. The van der Waals surface area contributed by atoms with Gasteiger partial charge in [0, 0.05) is 49.1 Å². The van der Waals surface area contributed by atoms with Crippen LogP contribution in [0.15, 0.2) is 48.9 Å². The smallest absolute Gasteiger partial charge is 0.256 e. The first-order chi connectivity index (χ1) is 15.1. The summed E-state index contributed by atoms with van der Waals surface area (Å²) in [7, 11) is 0. The lowest BCUT2D eigenvalue weighted by atomic mass is 9.88. The van der Waals surface area contributed by atoms with Crippen LogP contribution >= 0.6 is 0 Å². The largest absolute Gasteiger partial charge is 0.339 e. The Morgan fingerprint density at radius 2 is 1.71 bits per heavy atom. The third kappa shape index (κ3) is 4.04. The minimum atomic E-state index is -0.696. The summed E-state index contributed by atoms with van der Waals surface area (Å²) in [6.07, 6.45) is 9.08. The molecular formula is C24H22F2N4O. The fourth-order valence-corrected chi connectivity index (χ4v) is 4.20. The number of amides is 1. The molecule has 0 radical (unpaired) electrons. The molecule has 5 nitrogen and oxygen atoms in total. The van der Waals surface area contributed by atoms with E-state index < -0.39 is 17.5 Å². The number of halogens is 2. The van der Waals surface area contributed by atoms with Gasteiger partial charge < -0.3 is 4.90 Å². The van der Waals surface area contributed by atoms with E-state index in [-0.39, 0.29) is 11.5 Å². The predicted octanol–water partition coefficient (Wildman–Crippen LogP) is 4.71.